The number of fused-ring (bicyclic) bond motifs is 3. The van der Waals surface area contributed by atoms with E-state index in [4.69, 9.17) is 9.29 Å². The summed E-state index contributed by atoms with van der Waals surface area (Å²) in [4.78, 5) is 12.0. The lowest BCUT2D eigenvalue weighted by Crippen LogP contribution is -2.56. The lowest BCUT2D eigenvalue weighted by Gasteiger charge is -2.62. The number of esters is 1. The van der Waals surface area contributed by atoms with E-state index in [0.29, 0.717) is 11.8 Å². The van der Waals surface area contributed by atoms with Gasteiger partial charge in [0.15, 0.2) is 0 Å². The molecule has 5 aliphatic rings. The number of rotatable bonds is 5. The lowest BCUT2D eigenvalue weighted by molar-refractivity contribution is -0.173. The van der Waals surface area contributed by atoms with Crippen molar-refractivity contribution in [2.45, 2.75) is 62.5 Å². The first-order valence-corrected chi connectivity index (χ1v) is 13.6. The summed E-state index contributed by atoms with van der Waals surface area (Å²) >= 11 is 0. The Kier molecular flexibility index (Phi) is 4.85. The zero-order chi connectivity index (χ0) is 24.8. The molecule has 0 spiro atoms. The van der Waals surface area contributed by atoms with Crippen LogP contribution in [-0.2, 0) is 31.5 Å². The fourth-order valence-electron chi connectivity index (χ4n) is 8.27. The number of aryl methyl sites for hydroxylation is 1. The normalized spacial score (nSPS) is 30.7. The maximum atomic E-state index is 13.8. The number of ether oxygens (including phenoxy) is 1. The third kappa shape index (κ3) is 3.39. The minimum absolute atomic E-state index is 0.109. The van der Waals surface area contributed by atoms with Crippen LogP contribution < -0.4 is 0 Å². The maximum absolute atomic E-state index is 13.8. The molecular formula is C27H28F2O5S. The van der Waals surface area contributed by atoms with E-state index in [1.165, 1.54) is 33.4 Å². The van der Waals surface area contributed by atoms with E-state index >= 15 is 0 Å². The molecule has 0 amide bonds. The maximum Gasteiger partial charge on any atom is 0.465 e. The molecule has 8 heteroatoms. The molecule has 5 nitrogen and oxygen atoms in total. The molecule has 0 heterocycles. The average Bonchev–Trinajstić information content (AvgIpc) is 3.16. The van der Waals surface area contributed by atoms with E-state index in [1.54, 1.807) is 0 Å². The summed E-state index contributed by atoms with van der Waals surface area (Å²) in [5.74, 6) is -1.37. The number of carbonyl (C=O) groups is 1. The van der Waals surface area contributed by atoms with Gasteiger partial charge in [0.05, 0.1) is 6.61 Å². The van der Waals surface area contributed by atoms with Gasteiger partial charge in [0.1, 0.15) is 0 Å². The van der Waals surface area contributed by atoms with Crippen LogP contribution in [0.25, 0.3) is 11.1 Å². The van der Waals surface area contributed by atoms with Crippen LogP contribution in [0.15, 0.2) is 36.4 Å². The predicted molar refractivity (Wildman–Crippen MR) is 126 cm³/mol. The van der Waals surface area contributed by atoms with Crippen molar-refractivity contribution in [3.63, 3.8) is 0 Å². The molecule has 4 saturated carbocycles. The largest absolute Gasteiger partial charge is 0.465 e. The second kappa shape index (κ2) is 7.35. The zero-order valence-corrected chi connectivity index (χ0v) is 20.3. The molecule has 0 aliphatic heterocycles. The number of hydrogen-bond acceptors (Lipinski definition) is 4. The Balaban J connectivity index is 1.35. The fourth-order valence-corrected chi connectivity index (χ4v) is 8.54. The summed E-state index contributed by atoms with van der Waals surface area (Å²) in [5, 5.41) is -4.96. The van der Waals surface area contributed by atoms with Gasteiger partial charge in [-0.25, -0.2) is 4.79 Å². The Morgan fingerprint density at radius 2 is 1.80 bits per heavy atom. The van der Waals surface area contributed by atoms with Gasteiger partial charge in [-0.3, -0.25) is 4.55 Å². The van der Waals surface area contributed by atoms with Crippen molar-refractivity contribution in [3.8, 4) is 11.1 Å². The van der Waals surface area contributed by atoms with E-state index in [-0.39, 0.29) is 12.0 Å². The van der Waals surface area contributed by atoms with Gasteiger partial charge >= 0.3 is 21.3 Å². The molecule has 4 bridgehead atoms. The number of halogens is 2. The van der Waals surface area contributed by atoms with Gasteiger partial charge in [0.2, 0.25) is 0 Å². The van der Waals surface area contributed by atoms with Crippen molar-refractivity contribution >= 4 is 16.1 Å². The molecule has 1 N–H and O–H groups in total. The number of hydrogen-bond donors (Lipinski definition) is 1. The Hall–Kier alpha value is -2.32. The van der Waals surface area contributed by atoms with Crippen molar-refractivity contribution in [2.75, 3.05) is 6.61 Å². The van der Waals surface area contributed by atoms with Crippen LogP contribution in [0.4, 0.5) is 8.78 Å². The Morgan fingerprint density at radius 1 is 1.11 bits per heavy atom. The second-order valence-electron chi connectivity index (χ2n) is 11.4. The molecule has 4 fully saturated rings. The second-order valence-corrected chi connectivity index (χ2v) is 12.9. The van der Waals surface area contributed by atoms with Gasteiger partial charge < -0.3 is 4.74 Å². The van der Waals surface area contributed by atoms with Gasteiger partial charge in [-0.05, 0) is 103 Å². The smallest absolute Gasteiger partial charge is 0.460 e. The first-order chi connectivity index (χ1) is 16.4. The summed E-state index contributed by atoms with van der Waals surface area (Å²) in [7, 11) is -5.88. The number of benzene rings is 2. The fraction of sp³-hybridized carbons (Fsp3) is 0.519. The first-order valence-electron chi connectivity index (χ1n) is 12.2. The van der Waals surface area contributed by atoms with E-state index in [1.807, 2.05) is 0 Å². The molecule has 186 valence electrons. The predicted octanol–water partition coefficient (Wildman–Crippen LogP) is 5.43. The highest BCUT2D eigenvalue weighted by Crippen LogP contribution is 2.66. The summed E-state index contributed by atoms with van der Waals surface area (Å²) in [6, 6.07) is 12.9. The molecule has 2 aromatic carbocycles. The van der Waals surface area contributed by atoms with E-state index in [0.717, 1.165) is 44.9 Å². The first kappa shape index (κ1) is 23.1. The minimum Gasteiger partial charge on any atom is -0.460 e. The third-order valence-corrected chi connectivity index (χ3v) is 9.81. The summed E-state index contributed by atoms with van der Waals surface area (Å²) in [6.45, 7) is 1.89. The van der Waals surface area contributed by atoms with Gasteiger partial charge in [0.25, 0.3) is 0 Å². The topological polar surface area (TPSA) is 80.7 Å². The molecule has 2 unspecified atom stereocenters. The zero-order valence-electron chi connectivity index (χ0n) is 19.5. The molecular weight excluding hydrogens is 474 g/mol. The lowest BCUT2D eigenvalue weighted by atomic mass is 9.42. The average molecular weight is 503 g/mol. The monoisotopic (exact) mass is 502 g/mol. The highest BCUT2D eigenvalue weighted by Gasteiger charge is 2.60. The van der Waals surface area contributed by atoms with E-state index < -0.39 is 26.8 Å². The Bertz CT molecular complexity index is 1340. The van der Waals surface area contributed by atoms with E-state index in [9.17, 15) is 22.0 Å². The van der Waals surface area contributed by atoms with Crippen molar-refractivity contribution in [3.05, 3.63) is 58.7 Å². The SMILES string of the molecule is Cc1ccc(C23CC4CC(CC(COC(=O)C(F)(F)S(=O)(=O)O)(C4)C2)C3)c2c1-c1ccccc1C2. The summed E-state index contributed by atoms with van der Waals surface area (Å²) in [5.41, 5.74) is 7.28. The molecule has 2 aromatic rings. The van der Waals surface area contributed by atoms with Crippen LogP contribution in [0.1, 0.15) is 60.8 Å². The molecule has 0 radical (unpaired) electrons. The number of carbonyl (C=O) groups excluding carboxylic acids is 1. The summed E-state index contributed by atoms with van der Waals surface area (Å²) in [6.07, 6.45) is 6.32. The molecule has 0 saturated heterocycles. The van der Waals surface area contributed by atoms with E-state index in [2.05, 4.69) is 43.3 Å². The quantitative estimate of drug-likeness (QED) is 0.372. The van der Waals surface area contributed by atoms with Crippen molar-refractivity contribution in [2.24, 2.45) is 17.3 Å². The van der Waals surface area contributed by atoms with Crippen molar-refractivity contribution in [1.29, 1.82) is 0 Å². The molecule has 0 aromatic heterocycles. The molecule has 35 heavy (non-hydrogen) atoms. The highest BCUT2D eigenvalue weighted by atomic mass is 32.2. The summed E-state index contributed by atoms with van der Waals surface area (Å²) < 4.78 is 63.3. The molecule has 7 rings (SSSR count). The van der Waals surface area contributed by atoms with Gasteiger partial charge in [-0.2, -0.15) is 17.2 Å². The van der Waals surface area contributed by atoms with Crippen LogP contribution in [-0.4, -0.2) is 30.8 Å². The molecule has 5 aliphatic carbocycles. The third-order valence-electron chi connectivity index (χ3n) is 9.00. The van der Waals surface area contributed by atoms with Crippen molar-refractivity contribution in [1.82, 2.24) is 0 Å². The van der Waals surface area contributed by atoms with Gasteiger partial charge in [-0.1, -0.05) is 36.4 Å². The van der Waals surface area contributed by atoms with Crippen LogP contribution in [0.5, 0.6) is 0 Å². The molecule has 2 atom stereocenters. The highest BCUT2D eigenvalue weighted by molar-refractivity contribution is 7.87. The van der Waals surface area contributed by atoms with Gasteiger partial charge in [-0.15, -0.1) is 0 Å². The number of alkyl halides is 2. The standard InChI is InChI=1S/C27H28F2O5S/c1-16-6-7-22(21-9-19-4-2-3-5-20(19)23(16)21)26-12-17-8-18(13-26)11-25(10-17,14-26)15-34-24(30)27(28,29)35(31,32)33/h2-7,17-18H,8-15H2,1H3,(H,31,32,33). The van der Waals surface area contributed by atoms with Crippen LogP contribution in [0.3, 0.4) is 0 Å². The van der Waals surface area contributed by atoms with Crippen LogP contribution >= 0.6 is 0 Å². The Labute approximate surface area is 203 Å². The Morgan fingerprint density at radius 3 is 2.49 bits per heavy atom. The van der Waals surface area contributed by atoms with Crippen molar-refractivity contribution < 1.29 is 31.3 Å². The minimum atomic E-state index is -5.88. The van der Waals surface area contributed by atoms with Crippen LogP contribution in [0, 0.1) is 24.2 Å². The van der Waals surface area contributed by atoms with Gasteiger partial charge in [0, 0.05) is 5.41 Å². The van der Waals surface area contributed by atoms with Crippen LogP contribution in [0.2, 0.25) is 0 Å².